The fraction of sp³-hybridized carbons (Fsp3) is 0.0526. The van der Waals surface area contributed by atoms with Crippen LogP contribution in [0.1, 0.15) is 5.56 Å². The lowest BCUT2D eigenvalue weighted by Gasteiger charge is -2.26. The van der Waals surface area contributed by atoms with Crippen LogP contribution < -0.4 is 15.8 Å². The molecule has 3 nitrogen and oxygen atoms in total. The summed E-state index contributed by atoms with van der Waals surface area (Å²) in [4.78, 5) is 0. The third-order valence-electron chi connectivity index (χ3n) is 4.48. The SMILES string of the molecule is C1=C2C(=CC=C3c4ccccc4NC23)N(c2ccccc2)N1. The average molecular weight is 285 g/mol. The van der Waals surface area contributed by atoms with Crippen LogP contribution in [0.25, 0.3) is 5.57 Å². The first-order valence-electron chi connectivity index (χ1n) is 7.51. The summed E-state index contributed by atoms with van der Waals surface area (Å²) in [7, 11) is 0. The number of fused-ring (bicyclic) bond motifs is 5. The van der Waals surface area contributed by atoms with Crippen molar-refractivity contribution in [2.75, 3.05) is 10.3 Å². The molecule has 0 aromatic heterocycles. The van der Waals surface area contributed by atoms with Crippen LogP contribution in [-0.2, 0) is 0 Å². The maximum atomic E-state index is 3.64. The van der Waals surface area contributed by atoms with Gasteiger partial charge in [-0.15, -0.1) is 0 Å². The van der Waals surface area contributed by atoms with Crippen LogP contribution in [0.4, 0.5) is 11.4 Å². The first kappa shape index (κ1) is 11.7. The average Bonchev–Trinajstić information content (AvgIpc) is 3.16. The largest absolute Gasteiger partial charge is 0.373 e. The van der Waals surface area contributed by atoms with E-state index in [2.05, 4.69) is 82.6 Å². The summed E-state index contributed by atoms with van der Waals surface area (Å²) >= 11 is 0. The van der Waals surface area contributed by atoms with E-state index in [1.807, 2.05) is 6.07 Å². The molecule has 22 heavy (non-hydrogen) atoms. The number of para-hydroxylation sites is 2. The van der Waals surface area contributed by atoms with Crippen LogP contribution in [0.15, 0.2) is 84.2 Å². The molecule has 3 heteroatoms. The Bertz CT molecular complexity index is 846. The van der Waals surface area contributed by atoms with Gasteiger partial charge in [-0.1, -0.05) is 42.5 Å². The van der Waals surface area contributed by atoms with E-state index < -0.39 is 0 Å². The van der Waals surface area contributed by atoms with Crippen molar-refractivity contribution in [3.63, 3.8) is 0 Å². The van der Waals surface area contributed by atoms with Crippen LogP contribution in [-0.4, -0.2) is 6.04 Å². The number of allylic oxidation sites excluding steroid dienone is 2. The molecule has 0 radical (unpaired) electrons. The molecular weight excluding hydrogens is 270 g/mol. The first-order valence-corrected chi connectivity index (χ1v) is 7.51. The zero-order valence-electron chi connectivity index (χ0n) is 12.0. The molecular formula is C19H15N3. The molecule has 0 amide bonds. The van der Waals surface area contributed by atoms with Gasteiger partial charge in [-0.25, -0.2) is 0 Å². The van der Waals surface area contributed by atoms with Crippen molar-refractivity contribution in [2.45, 2.75) is 6.04 Å². The molecule has 0 saturated carbocycles. The molecule has 2 N–H and O–H groups in total. The highest BCUT2D eigenvalue weighted by atomic mass is 15.5. The van der Waals surface area contributed by atoms with Crippen molar-refractivity contribution in [1.82, 2.24) is 5.43 Å². The van der Waals surface area contributed by atoms with Gasteiger partial charge in [0, 0.05) is 23.0 Å². The smallest absolute Gasteiger partial charge is 0.0810 e. The molecule has 5 rings (SSSR count). The number of anilines is 2. The summed E-state index contributed by atoms with van der Waals surface area (Å²) in [6.45, 7) is 0. The van der Waals surface area contributed by atoms with E-state index in [4.69, 9.17) is 0 Å². The summed E-state index contributed by atoms with van der Waals surface area (Å²) < 4.78 is 0. The zero-order valence-corrected chi connectivity index (χ0v) is 12.0. The lowest BCUT2D eigenvalue weighted by molar-refractivity contribution is 0.887. The van der Waals surface area contributed by atoms with Gasteiger partial charge in [0.25, 0.3) is 0 Å². The Morgan fingerprint density at radius 3 is 2.55 bits per heavy atom. The molecule has 2 heterocycles. The zero-order chi connectivity index (χ0) is 14.5. The predicted octanol–water partition coefficient (Wildman–Crippen LogP) is 3.67. The van der Waals surface area contributed by atoms with E-state index in [-0.39, 0.29) is 6.04 Å². The molecule has 106 valence electrons. The number of hydrazine groups is 1. The topological polar surface area (TPSA) is 27.3 Å². The van der Waals surface area contributed by atoms with E-state index in [1.54, 1.807) is 0 Å². The van der Waals surface area contributed by atoms with Gasteiger partial charge in [0.15, 0.2) is 0 Å². The molecule has 1 aliphatic carbocycles. The van der Waals surface area contributed by atoms with Gasteiger partial charge in [0.2, 0.25) is 0 Å². The van der Waals surface area contributed by atoms with Crippen molar-refractivity contribution >= 4 is 16.9 Å². The third kappa shape index (κ3) is 1.51. The normalized spacial score (nSPS) is 20.8. The number of nitrogens with zero attached hydrogens (tertiary/aromatic N) is 1. The second-order valence-corrected chi connectivity index (χ2v) is 5.70. The lowest BCUT2D eigenvalue weighted by atomic mass is 9.91. The molecule has 0 bridgehead atoms. The Balaban J connectivity index is 1.58. The van der Waals surface area contributed by atoms with E-state index in [0.717, 1.165) is 5.69 Å². The quantitative estimate of drug-likeness (QED) is 0.837. The van der Waals surface area contributed by atoms with Crippen LogP contribution in [0.3, 0.4) is 0 Å². The molecule has 0 fully saturated rings. The monoisotopic (exact) mass is 285 g/mol. The molecule has 0 saturated heterocycles. The van der Waals surface area contributed by atoms with Crippen molar-refractivity contribution in [2.24, 2.45) is 0 Å². The highest BCUT2D eigenvalue weighted by Crippen LogP contribution is 2.44. The van der Waals surface area contributed by atoms with E-state index >= 15 is 0 Å². The Kier molecular flexibility index (Phi) is 2.27. The molecule has 1 unspecified atom stereocenters. The molecule has 3 aliphatic rings. The maximum Gasteiger partial charge on any atom is 0.0810 e. The predicted molar refractivity (Wildman–Crippen MR) is 90.1 cm³/mol. The van der Waals surface area contributed by atoms with Crippen LogP contribution >= 0.6 is 0 Å². The second-order valence-electron chi connectivity index (χ2n) is 5.70. The minimum absolute atomic E-state index is 0.235. The summed E-state index contributed by atoms with van der Waals surface area (Å²) in [6, 6.07) is 19.1. The number of hydrogen-bond donors (Lipinski definition) is 2. The van der Waals surface area contributed by atoms with Crippen LogP contribution in [0.2, 0.25) is 0 Å². The van der Waals surface area contributed by atoms with Gasteiger partial charge in [-0.05, 0) is 29.8 Å². The van der Waals surface area contributed by atoms with E-state index in [1.165, 1.54) is 28.1 Å². The summed E-state index contributed by atoms with van der Waals surface area (Å²) in [6.07, 6.45) is 6.54. The first-order chi connectivity index (χ1) is 10.9. The summed E-state index contributed by atoms with van der Waals surface area (Å²) in [5.74, 6) is 0. The van der Waals surface area contributed by atoms with E-state index in [0.29, 0.717) is 0 Å². The van der Waals surface area contributed by atoms with Gasteiger partial charge >= 0.3 is 0 Å². The van der Waals surface area contributed by atoms with Gasteiger partial charge in [-0.3, -0.25) is 5.01 Å². The molecule has 2 aliphatic heterocycles. The number of nitrogens with one attached hydrogen (secondary N) is 2. The van der Waals surface area contributed by atoms with Gasteiger partial charge in [-0.2, -0.15) is 0 Å². The highest BCUT2D eigenvalue weighted by Gasteiger charge is 2.36. The highest BCUT2D eigenvalue weighted by molar-refractivity contribution is 5.92. The fourth-order valence-corrected chi connectivity index (χ4v) is 3.45. The Morgan fingerprint density at radius 2 is 1.64 bits per heavy atom. The molecule has 0 spiro atoms. The van der Waals surface area contributed by atoms with Crippen LogP contribution in [0, 0.1) is 0 Å². The fourth-order valence-electron chi connectivity index (χ4n) is 3.45. The molecule has 2 aromatic carbocycles. The Morgan fingerprint density at radius 1 is 0.818 bits per heavy atom. The van der Waals surface area contributed by atoms with Gasteiger partial charge in [0.05, 0.1) is 17.4 Å². The second kappa shape index (κ2) is 4.28. The Hall–Kier alpha value is -2.94. The number of hydrogen-bond acceptors (Lipinski definition) is 3. The number of rotatable bonds is 1. The van der Waals surface area contributed by atoms with Crippen LogP contribution in [0.5, 0.6) is 0 Å². The molecule has 1 atom stereocenters. The Labute approximate surface area is 129 Å². The van der Waals surface area contributed by atoms with Crippen molar-refractivity contribution in [1.29, 1.82) is 0 Å². The number of benzene rings is 2. The maximum absolute atomic E-state index is 3.64. The third-order valence-corrected chi connectivity index (χ3v) is 4.48. The van der Waals surface area contributed by atoms with Gasteiger partial charge < -0.3 is 10.7 Å². The molecule has 2 aromatic rings. The minimum Gasteiger partial charge on any atom is -0.373 e. The lowest BCUT2D eigenvalue weighted by Crippen LogP contribution is -2.30. The van der Waals surface area contributed by atoms with E-state index in [9.17, 15) is 0 Å². The summed E-state index contributed by atoms with van der Waals surface area (Å²) in [5.41, 5.74) is 10.9. The minimum atomic E-state index is 0.235. The van der Waals surface area contributed by atoms with Crippen molar-refractivity contribution < 1.29 is 0 Å². The standard InChI is InChI=1S/C19H15N3/c1-2-6-13(7-3-1)22-18-11-10-15-14-8-4-5-9-17(14)21-19(15)16(18)12-20-22/h1-12,19-21H. The van der Waals surface area contributed by atoms with Gasteiger partial charge in [0.1, 0.15) is 0 Å². The van der Waals surface area contributed by atoms with Crippen molar-refractivity contribution in [3.8, 4) is 0 Å². The summed E-state index contributed by atoms with van der Waals surface area (Å²) in [5, 5.41) is 5.77. The van der Waals surface area contributed by atoms with Crippen molar-refractivity contribution in [3.05, 3.63) is 89.8 Å².